The Balaban J connectivity index is 2.05. The summed E-state index contributed by atoms with van der Waals surface area (Å²) < 4.78 is 0. The summed E-state index contributed by atoms with van der Waals surface area (Å²) >= 11 is 0. The summed E-state index contributed by atoms with van der Waals surface area (Å²) in [5.41, 5.74) is 0. The molecule has 0 aromatic heterocycles. The van der Waals surface area contributed by atoms with E-state index in [4.69, 9.17) is 5.11 Å². The summed E-state index contributed by atoms with van der Waals surface area (Å²) in [7, 11) is 0. The first-order valence-corrected chi connectivity index (χ1v) is 4.16. The lowest BCUT2D eigenvalue weighted by atomic mass is 9.85. The van der Waals surface area contributed by atoms with E-state index in [1.165, 1.54) is 19.3 Å². The Hall–Kier alpha value is -0.570. The molecule has 0 aromatic rings. The highest BCUT2D eigenvalue weighted by molar-refractivity contribution is 5.72. The molecule has 11 heavy (non-hydrogen) atoms. The second kappa shape index (κ2) is 3.72. The van der Waals surface area contributed by atoms with Gasteiger partial charge in [-0.1, -0.05) is 6.42 Å². The molecule has 1 fully saturated rings. The number of hydrogen-bond acceptors (Lipinski definition) is 2. The number of carboxylic acid groups (broad SMARTS) is 1. The van der Waals surface area contributed by atoms with Crippen molar-refractivity contribution < 1.29 is 9.90 Å². The van der Waals surface area contributed by atoms with E-state index in [0.29, 0.717) is 0 Å². The van der Waals surface area contributed by atoms with Crippen molar-refractivity contribution in [1.82, 2.24) is 5.32 Å². The van der Waals surface area contributed by atoms with Crippen molar-refractivity contribution in [3.05, 3.63) is 0 Å². The molecule has 1 atom stereocenters. The van der Waals surface area contributed by atoms with E-state index in [2.05, 4.69) is 5.32 Å². The van der Waals surface area contributed by atoms with Crippen molar-refractivity contribution in [3.8, 4) is 0 Å². The molecule has 0 spiro atoms. The third kappa shape index (κ3) is 2.50. The van der Waals surface area contributed by atoms with Gasteiger partial charge in [0.05, 0.1) is 0 Å². The maximum Gasteiger partial charge on any atom is 0.320 e. The van der Waals surface area contributed by atoms with Crippen LogP contribution in [0.1, 0.15) is 26.2 Å². The molecule has 1 saturated carbocycles. The summed E-state index contributed by atoms with van der Waals surface area (Å²) in [6.07, 6.45) is 3.84. The molecule has 0 heterocycles. The number of nitrogens with one attached hydrogen (secondary N) is 1. The minimum atomic E-state index is -0.760. The second-order valence-corrected chi connectivity index (χ2v) is 3.27. The summed E-state index contributed by atoms with van der Waals surface area (Å²) in [5, 5.41) is 11.5. The Kier molecular flexibility index (Phi) is 2.88. The molecule has 0 radical (unpaired) electrons. The van der Waals surface area contributed by atoms with Crippen molar-refractivity contribution in [2.75, 3.05) is 6.54 Å². The number of rotatable bonds is 4. The van der Waals surface area contributed by atoms with Crippen LogP contribution in [-0.2, 0) is 4.79 Å². The first-order chi connectivity index (χ1) is 5.20. The van der Waals surface area contributed by atoms with Gasteiger partial charge in [-0.15, -0.1) is 0 Å². The van der Waals surface area contributed by atoms with Crippen LogP contribution in [0.25, 0.3) is 0 Å². The average molecular weight is 157 g/mol. The van der Waals surface area contributed by atoms with Crippen molar-refractivity contribution in [3.63, 3.8) is 0 Å². The summed E-state index contributed by atoms with van der Waals surface area (Å²) in [4.78, 5) is 10.4. The Morgan fingerprint density at radius 2 is 2.36 bits per heavy atom. The maximum atomic E-state index is 10.4. The molecule has 64 valence electrons. The average Bonchev–Trinajstić information content (AvgIpc) is 1.83. The fourth-order valence-electron chi connectivity index (χ4n) is 1.13. The van der Waals surface area contributed by atoms with Crippen LogP contribution in [0.5, 0.6) is 0 Å². The van der Waals surface area contributed by atoms with E-state index >= 15 is 0 Å². The molecular formula is C8H15NO2. The summed E-state index contributed by atoms with van der Waals surface area (Å²) in [6, 6.07) is -0.393. The van der Waals surface area contributed by atoms with E-state index in [0.717, 1.165) is 12.5 Å². The zero-order valence-electron chi connectivity index (χ0n) is 6.84. The highest BCUT2D eigenvalue weighted by atomic mass is 16.4. The first kappa shape index (κ1) is 8.53. The molecule has 0 saturated heterocycles. The number of aliphatic carboxylic acids is 1. The lowest BCUT2D eigenvalue weighted by Crippen LogP contribution is -2.38. The molecule has 0 aliphatic heterocycles. The van der Waals surface area contributed by atoms with Gasteiger partial charge in [-0.25, -0.2) is 0 Å². The monoisotopic (exact) mass is 157 g/mol. The van der Waals surface area contributed by atoms with Crippen LogP contribution in [0.4, 0.5) is 0 Å². The minimum Gasteiger partial charge on any atom is -0.480 e. The molecule has 0 unspecified atom stereocenters. The van der Waals surface area contributed by atoms with Crippen molar-refractivity contribution >= 4 is 5.97 Å². The predicted octanol–water partition coefficient (Wildman–Crippen LogP) is 0.849. The van der Waals surface area contributed by atoms with Crippen LogP contribution in [0, 0.1) is 5.92 Å². The second-order valence-electron chi connectivity index (χ2n) is 3.27. The molecule has 2 N–H and O–H groups in total. The fraction of sp³-hybridized carbons (Fsp3) is 0.875. The number of carboxylic acids is 1. The predicted molar refractivity (Wildman–Crippen MR) is 42.4 cm³/mol. The van der Waals surface area contributed by atoms with E-state index in [9.17, 15) is 4.79 Å². The lowest BCUT2D eigenvalue weighted by Gasteiger charge is -2.26. The highest BCUT2D eigenvalue weighted by Gasteiger charge is 2.19. The summed E-state index contributed by atoms with van der Waals surface area (Å²) in [6.45, 7) is 2.55. The molecular weight excluding hydrogens is 142 g/mol. The fourth-order valence-corrected chi connectivity index (χ4v) is 1.13. The van der Waals surface area contributed by atoms with Crippen LogP contribution in [-0.4, -0.2) is 23.7 Å². The topological polar surface area (TPSA) is 49.3 Å². The van der Waals surface area contributed by atoms with Crippen molar-refractivity contribution in [2.45, 2.75) is 32.2 Å². The van der Waals surface area contributed by atoms with Gasteiger partial charge in [-0.05, 0) is 32.2 Å². The quantitative estimate of drug-likeness (QED) is 0.636. The van der Waals surface area contributed by atoms with Crippen LogP contribution in [0.15, 0.2) is 0 Å². The molecule has 0 aromatic carbocycles. The van der Waals surface area contributed by atoms with Crippen molar-refractivity contribution in [2.24, 2.45) is 5.92 Å². The van der Waals surface area contributed by atoms with Crippen LogP contribution in [0.2, 0.25) is 0 Å². The van der Waals surface area contributed by atoms with Crippen LogP contribution < -0.4 is 5.32 Å². The molecule has 3 heteroatoms. The molecule has 0 bridgehead atoms. The van der Waals surface area contributed by atoms with Gasteiger partial charge in [0.1, 0.15) is 6.04 Å². The van der Waals surface area contributed by atoms with Gasteiger partial charge >= 0.3 is 5.97 Å². The van der Waals surface area contributed by atoms with Gasteiger partial charge in [0.25, 0.3) is 0 Å². The Morgan fingerprint density at radius 3 is 2.73 bits per heavy atom. The van der Waals surface area contributed by atoms with Gasteiger partial charge in [0, 0.05) is 0 Å². The molecule has 1 aliphatic carbocycles. The number of carbonyl (C=O) groups is 1. The summed E-state index contributed by atoms with van der Waals surface area (Å²) in [5.74, 6) is -0.0267. The minimum absolute atomic E-state index is 0.393. The Morgan fingerprint density at radius 1 is 1.73 bits per heavy atom. The number of hydrogen-bond donors (Lipinski definition) is 2. The van der Waals surface area contributed by atoms with E-state index in [1.54, 1.807) is 6.92 Å². The van der Waals surface area contributed by atoms with Crippen LogP contribution in [0.3, 0.4) is 0 Å². The van der Waals surface area contributed by atoms with Gasteiger partial charge < -0.3 is 10.4 Å². The maximum absolute atomic E-state index is 10.4. The SMILES string of the molecule is C[C@@H](NCC1CCC1)C(=O)O. The molecule has 0 amide bonds. The molecule has 3 nitrogen and oxygen atoms in total. The first-order valence-electron chi connectivity index (χ1n) is 4.16. The normalized spacial score (nSPS) is 20.8. The van der Waals surface area contributed by atoms with Crippen molar-refractivity contribution in [1.29, 1.82) is 0 Å². The van der Waals surface area contributed by atoms with E-state index in [-0.39, 0.29) is 0 Å². The smallest absolute Gasteiger partial charge is 0.320 e. The van der Waals surface area contributed by atoms with Gasteiger partial charge in [0.2, 0.25) is 0 Å². The zero-order valence-corrected chi connectivity index (χ0v) is 6.84. The molecule has 1 aliphatic rings. The third-order valence-electron chi connectivity index (χ3n) is 2.31. The standard InChI is InChI=1S/C8H15NO2/c1-6(8(10)11)9-5-7-3-2-4-7/h6-7,9H,2-5H2,1H3,(H,10,11)/t6-/m1/s1. The largest absolute Gasteiger partial charge is 0.480 e. The van der Waals surface area contributed by atoms with Crippen LogP contribution >= 0.6 is 0 Å². The Bertz CT molecular complexity index is 143. The van der Waals surface area contributed by atoms with Gasteiger partial charge in [-0.2, -0.15) is 0 Å². The van der Waals surface area contributed by atoms with E-state index in [1.807, 2.05) is 0 Å². The highest BCUT2D eigenvalue weighted by Crippen LogP contribution is 2.25. The van der Waals surface area contributed by atoms with Gasteiger partial charge in [0.15, 0.2) is 0 Å². The third-order valence-corrected chi connectivity index (χ3v) is 2.31. The molecule has 1 rings (SSSR count). The Labute approximate surface area is 66.8 Å². The van der Waals surface area contributed by atoms with Gasteiger partial charge in [-0.3, -0.25) is 4.79 Å². The zero-order chi connectivity index (χ0) is 8.27. The van der Waals surface area contributed by atoms with E-state index < -0.39 is 12.0 Å². The lowest BCUT2D eigenvalue weighted by molar-refractivity contribution is -0.139.